The minimum Gasteiger partial charge on any atom is -0.390 e. The molecule has 0 aliphatic heterocycles. The molecule has 0 aromatic heterocycles. The summed E-state index contributed by atoms with van der Waals surface area (Å²) in [7, 11) is 0. The summed E-state index contributed by atoms with van der Waals surface area (Å²) in [5.41, 5.74) is -0.469. The molecule has 0 radical (unpaired) electrons. The lowest BCUT2D eigenvalue weighted by atomic mass is 9.75. The Morgan fingerprint density at radius 3 is 2.55 bits per heavy atom. The van der Waals surface area contributed by atoms with Crippen molar-refractivity contribution in [3.63, 3.8) is 0 Å². The summed E-state index contributed by atoms with van der Waals surface area (Å²) in [4.78, 5) is 0. The first kappa shape index (κ1) is 8.79. The van der Waals surface area contributed by atoms with E-state index in [1.807, 2.05) is 6.92 Å². The molecule has 1 heteroatoms. The topological polar surface area (TPSA) is 20.2 Å². The van der Waals surface area contributed by atoms with E-state index in [4.69, 9.17) is 0 Å². The van der Waals surface area contributed by atoms with Gasteiger partial charge in [0.05, 0.1) is 5.60 Å². The van der Waals surface area contributed by atoms with Crippen LogP contribution in [0.1, 0.15) is 33.6 Å². The number of rotatable bonds is 1. The van der Waals surface area contributed by atoms with E-state index >= 15 is 0 Å². The fraction of sp³-hybridized carbons (Fsp3) is 0.800. The Morgan fingerprint density at radius 1 is 1.55 bits per heavy atom. The van der Waals surface area contributed by atoms with Crippen LogP contribution in [0.15, 0.2) is 12.2 Å². The van der Waals surface area contributed by atoms with Crippen LogP contribution in [0.3, 0.4) is 0 Å². The van der Waals surface area contributed by atoms with Crippen LogP contribution >= 0.6 is 0 Å². The van der Waals surface area contributed by atoms with Crippen LogP contribution in [-0.4, -0.2) is 10.7 Å². The van der Waals surface area contributed by atoms with Crippen molar-refractivity contribution in [2.45, 2.75) is 39.2 Å². The first-order chi connectivity index (χ1) is 5.04. The molecule has 0 spiro atoms. The molecule has 0 amide bonds. The van der Waals surface area contributed by atoms with Crippen LogP contribution in [0.5, 0.6) is 0 Å². The van der Waals surface area contributed by atoms with Gasteiger partial charge in [-0.15, -0.1) is 0 Å². The lowest BCUT2D eigenvalue weighted by Crippen LogP contribution is -2.38. The van der Waals surface area contributed by atoms with Gasteiger partial charge in [-0.2, -0.15) is 0 Å². The Balaban J connectivity index is 2.74. The molecule has 0 bridgehead atoms. The second-order valence-electron chi connectivity index (χ2n) is 4.09. The van der Waals surface area contributed by atoms with Gasteiger partial charge >= 0.3 is 0 Å². The first-order valence-corrected chi connectivity index (χ1v) is 4.43. The third-order valence-corrected chi connectivity index (χ3v) is 2.60. The molecule has 11 heavy (non-hydrogen) atoms. The molecule has 2 atom stereocenters. The Bertz CT molecular complexity index is 156. The average Bonchev–Trinajstić information content (AvgIpc) is 1.85. The molecular weight excluding hydrogens is 136 g/mol. The summed E-state index contributed by atoms with van der Waals surface area (Å²) >= 11 is 0. The molecule has 1 rings (SSSR count). The van der Waals surface area contributed by atoms with Crippen LogP contribution in [-0.2, 0) is 0 Å². The zero-order valence-corrected chi connectivity index (χ0v) is 7.67. The summed E-state index contributed by atoms with van der Waals surface area (Å²) in [6, 6.07) is 0. The van der Waals surface area contributed by atoms with Crippen molar-refractivity contribution >= 4 is 0 Å². The number of aliphatic hydroxyl groups is 1. The minimum atomic E-state index is -0.469. The number of allylic oxidation sites excluding steroid dienone is 1. The predicted molar refractivity (Wildman–Crippen MR) is 47.3 cm³/mol. The Labute approximate surface area is 69.1 Å². The van der Waals surface area contributed by atoms with Crippen molar-refractivity contribution in [3.05, 3.63) is 12.2 Å². The molecule has 1 nitrogen and oxygen atoms in total. The van der Waals surface area contributed by atoms with Crippen LogP contribution in [0, 0.1) is 11.8 Å². The highest BCUT2D eigenvalue weighted by molar-refractivity contribution is 5.04. The molecule has 1 N–H and O–H groups in total. The standard InChI is InChI=1S/C10H18O/c1-8(2)9-6-4-5-7-10(9,3)11/h4,6,8-9,11H,5,7H2,1-3H3. The second-order valence-corrected chi connectivity index (χ2v) is 4.09. The largest absolute Gasteiger partial charge is 0.390 e. The van der Waals surface area contributed by atoms with Crippen LogP contribution in [0.4, 0.5) is 0 Å². The molecular formula is C10H18O. The van der Waals surface area contributed by atoms with E-state index in [1.165, 1.54) is 0 Å². The number of hydrogen-bond donors (Lipinski definition) is 1. The Hall–Kier alpha value is -0.300. The first-order valence-electron chi connectivity index (χ1n) is 4.43. The van der Waals surface area contributed by atoms with Crippen molar-refractivity contribution in [1.82, 2.24) is 0 Å². The van der Waals surface area contributed by atoms with E-state index in [2.05, 4.69) is 26.0 Å². The fourth-order valence-electron chi connectivity index (χ4n) is 1.93. The van der Waals surface area contributed by atoms with Crippen LogP contribution in [0.2, 0.25) is 0 Å². The van der Waals surface area contributed by atoms with Gasteiger partial charge in [0.1, 0.15) is 0 Å². The summed E-state index contributed by atoms with van der Waals surface area (Å²) in [6.07, 6.45) is 6.28. The summed E-state index contributed by atoms with van der Waals surface area (Å²) in [5, 5.41) is 9.95. The molecule has 0 saturated heterocycles. The van der Waals surface area contributed by atoms with Gasteiger partial charge in [0.2, 0.25) is 0 Å². The molecule has 0 aromatic carbocycles. The molecule has 2 unspecified atom stereocenters. The van der Waals surface area contributed by atoms with Crippen molar-refractivity contribution in [1.29, 1.82) is 0 Å². The van der Waals surface area contributed by atoms with Gasteiger partial charge in [-0.25, -0.2) is 0 Å². The van der Waals surface area contributed by atoms with Gasteiger partial charge < -0.3 is 5.11 Å². The van der Waals surface area contributed by atoms with Gasteiger partial charge in [-0.3, -0.25) is 0 Å². The number of hydrogen-bond acceptors (Lipinski definition) is 1. The molecule has 0 aromatic rings. The highest BCUT2D eigenvalue weighted by Crippen LogP contribution is 2.33. The second kappa shape index (κ2) is 2.98. The normalized spacial score (nSPS) is 38.1. The fourth-order valence-corrected chi connectivity index (χ4v) is 1.93. The van der Waals surface area contributed by atoms with Crippen molar-refractivity contribution < 1.29 is 5.11 Å². The van der Waals surface area contributed by atoms with Gasteiger partial charge in [-0.05, 0) is 25.7 Å². The van der Waals surface area contributed by atoms with E-state index in [-0.39, 0.29) is 0 Å². The van der Waals surface area contributed by atoms with E-state index in [0.717, 1.165) is 12.8 Å². The molecule has 64 valence electrons. The van der Waals surface area contributed by atoms with Gasteiger partial charge in [0.25, 0.3) is 0 Å². The SMILES string of the molecule is CC(C)C1C=CCCC1(C)O. The third-order valence-electron chi connectivity index (χ3n) is 2.60. The Kier molecular flexibility index (Phi) is 2.38. The molecule has 0 fully saturated rings. The maximum Gasteiger partial charge on any atom is 0.0687 e. The van der Waals surface area contributed by atoms with E-state index in [0.29, 0.717) is 11.8 Å². The zero-order chi connectivity index (χ0) is 8.48. The summed E-state index contributed by atoms with van der Waals surface area (Å²) < 4.78 is 0. The van der Waals surface area contributed by atoms with Gasteiger partial charge in [0.15, 0.2) is 0 Å². The summed E-state index contributed by atoms with van der Waals surface area (Å²) in [6.45, 7) is 6.27. The van der Waals surface area contributed by atoms with Crippen LogP contribution < -0.4 is 0 Å². The quantitative estimate of drug-likeness (QED) is 0.575. The molecule has 1 aliphatic rings. The zero-order valence-electron chi connectivity index (χ0n) is 7.67. The highest BCUT2D eigenvalue weighted by atomic mass is 16.3. The Morgan fingerprint density at radius 2 is 2.18 bits per heavy atom. The maximum atomic E-state index is 9.95. The van der Waals surface area contributed by atoms with Crippen molar-refractivity contribution in [2.75, 3.05) is 0 Å². The van der Waals surface area contributed by atoms with Gasteiger partial charge in [0, 0.05) is 5.92 Å². The smallest absolute Gasteiger partial charge is 0.0687 e. The predicted octanol–water partition coefficient (Wildman–Crippen LogP) is 2.36. The van der Waals surface area contributed by atoms with Crippen molar-refractivity contribution in [3.8, 4) is 0 Å². The average molecular weight is 154 g/mol. The highest BCUT2D eigenvalue weighted by Gasteiger charge is 2.33. The molecule has 0 saturated carbocycles. The van der Waals surface area contributed by atoms with Crippen LogP contribution in [0.25, 0.3) is 0 Å². The molecule has 0 heterocycles. The monoisotopic (exact) mass is 154 g/mol. The molecule has 1 aliphatic carbocycles. The van der Waals surface area contributed by atoms with E-state index in [9.17, 15) is 5.11 Å². The van der Waals surface area contributed by atoms with E-state index in [1.54, 1.807) is 0 Å². The summed E-state index contributed by atoms with van der Waals surface area (Å²) in [5.74, 6) is 0.887. The lowest BCUT2D eigenvalue weighted by molar-refractivity contribution is -0.0109. The third kappa shape index (κ3) is 1.84. The minimum absolute atomic E-state index is 0.344. The lowest BCUT2D eigenvalue weighted by Gasteiger charge is -2.36. The van der Waals surface area contributed by atoms with E-state index < -0.39 is 5.60 Å². The van der Waals surface area contributed by atoms with Gasteiger partial charge in [-0.1, -0.05) is 26.0 Å². The van der Waals surface area contributed by atoms with Crippen molar-refractivity contribution in [2.24, 2.45) is 11.8 Å². The maximum absolute atomic E-state index is 9.95.